The Morgan fingerprint density at radius 1 is 1.31 bits per heavy atom. The molecule has 0 unspecified atom stereocenters. The van der Waals surface area contributed by atoms with E-state index in [0.29, 0.717) is 17.2 Å². The van der Waals surface area contributed by atoms with Gasteiger partial charge in [0.2, 0.25) is 0 Å². The lowest BCUT2D eigenvalue weighted by molar-refractivity contribution is -0.123. The normalized spacial score (nSPS) is 16.9. The van der Waals surface area contributed by atoms with E-state index in [1.165, 1.54) is 0 Å². The lowest BCUT2D eigenvalue weighted by Crippen LogP contribution is -2.31. The van der Waals surface area contributed by atoms with Gasteiger partial charge in [-0.1, -0.05) is 30.3 Å². The molecule has 2 atom stereocenters. The van der Waals surface area contributed by atoms with Gasteiger partial charge in [-0.15, -0.1) is 0 Å². The van der Waals surface area contributed by atoms with Gasteiger partial charge < -0.3 is 14.6 Å². The van der Waals surface area contributed by atoms with E-state index in [4.69, 9.17) is 14.2 Å². The summed E-state index contributed by atoms with van der Waals surface area (Å²) in [5.41, 5.74) is 3.17. The number of para-hydroxylation sites is 1. The highest BCUT2D eigenvalue weighted by molar-refractivity contribution is 6.06. The Morgan fingerprint density at radius 3 is 2.86 bits per heavy atom. The molecular weight excluding hydrogens is 370 g/mol. The molecule has 2 heterocycles. The zero-order chi connectivity index (χ0) is 20.5. The number of aromatic nitrogens is 2. The van der Waals surface area contributed by atoms with Gasteiger partial charge >= 0.3 is 5.97 Å². The summed E-state index contributed by atoms with van der Waals surface area (Å²) in [6, 6.07) is 9.15. The van der Waals surface area contributed by atoms with E-state index < -0.39 is 18.0 Å². The molecule has 1 aliphatic carbocycles. The molecule has 0 fully saturated rings. The Balaban J connectivity index is 1.62. The average molecular weight is 393 g/mol. The highest BCUT2D eigenvalue weighted by atomic mass is 16.5. The van der Waals surface area contributed by atoms with Gasteiger partial charge in [0.1, 0.15) is 5.76 Å². The van der Waals surface area contributed by atoms with Crippen molar-refractivity contribution in [3.05, 3.63) is 52.9 Å². The summed E-state index contributed by atoms with van der Waals surface area (Å²) in [6.07, 6.45) is 1.67. The number of nitrogens with zero attached hydrogens (tertiary/aromatic N) is 2. The number of fused-ring (bicyclic) bond motifs is 2. The van der Waals surface area contributed by atoms with Gasteiger partial charge in [0.05, 0.1) is 11.1 Å². The first-order chi connectivity index (χ1) is 13.9. The van der Waals surface area contributed by atoms with Crippen LogP contribution in [0.2, 0.25) is 0 Å². The maximum Gasteiger partial charge on any atom is 0.339 e. The fraction of sp³-hybridized carbons (Fsp3) is 0.364. The number of ether oxygens (including phenoxy) is 1. The van der Waals surface area contributed by atoms with E-state index in [2.05, 4.69) is 17.4 Å². The second-order valence-corrected chi connectivity index (χ2v) is 7.64. The number of amides is 1. The number of carbonyl (C=O) groups excluding carboxylic acids is 2. The Bertz CT molecular complexity index is 1090. The summed E-state index contributed by atoms with van der Waals surface area (Å²) in [6.45, 7) is 5.44. The summed E-state index contributed by atoms with van der Waals surface area (Å²) in [5.74, 6) is 0.359. The van der Waals surface area contributed by atoms with Gasteiger partial charge in [0.15, 0.2) is 11.9 Å². The molecule has 4 rings (SSSR count). The minimum Gasteiger partial charge on any atom is -0.449 e. The maximum absolute atomic E-state index is 13.1. The van der Waals surface area contributed by atoms with Crippen molar-refractivity contribution < 1.29 is 18.8 Å². The summed E-state index contributed by atoms with van der Waals surface area (Å²) in [7, 11) is 0. The molecule has 29 heavy (non-hydrogen) atoms. The molecule has 150 valence electrons. The van der Waals surface area contributed by atoms with Crippen molar-refractivity contribution in [3.63, 3.8) is 0 Å². The summed E-state index contributed by atoms with van der Waals surface area (Å²) in [5, 5.41) is 7.07. The van der Waals surface area contributed by atoms with Crippen LogP contribution in [0.3, 0.4) is 0 Å². The highest BCUT2D eigenvalue weighted by Gasteiger charge is 2.28. The fourth-order valence-corrected chi connectivity index (χ4v) is 3.72. The van der Waals surface area contributed by atoms with Gasteiger partial charge in [-0.3, -0.25) is 9.78 Å². The SMILES string of the molecule is Cc1cc(NC(=O)[C@H](C)OC(=O)c2c3c(nc4ccccc24)CC[C@H](C)C3)no1. The van der Waals surface area contributed by atoms with Crippen LogP contribution in [0.25, 0.3) is 10.9 Å². The number of benzene rings is 1. The first-order valence-electron chi connectivity index (χ1n) is 9.78. The van der Waals surface area contributed by atoms with Crippen LogP contribution in [0, 0.1) is 12.8 Å². The second-order valence-electron chi connectivity index (χ2n) is 7.64. The van der Waals surface area contributed by atoms with Gasteiger partial charge in [-0.25, -0.2) is 4.79 Å². The van der Waals surface area contributed by atoms with Crippen LogP contribution < -0.4 is 5.32 Å². The monoisotopic (exact) mass is 393 g/mol. The fourth-order valence-electron chi connectivity index (χ4n) is 3.72. The molecule has 0 bridgehead atoms. The first kappa shape index (κ1) is 19.1. The third-order valence-electron chi connectivity index (χ3n) is 5.24. The van der Waals surface area contributed by atoms with Gasteiger partial charge in [0, 0.05) is 17.1 Å². The van der Waals surface area contributed by atoms with Crippen molar-refractivity contribution in [3.8, 4) is 0 Å². The minimum absolute atomic E-state index is 0.288. The number of hydrogen-bond acceptors (Lipinski definition) is 6. The van der Waals surface area contributed by atoms with Crippen LogP contribution in [-0.4, -0.2) is 28.1 Å². The quantitative estimate of drug-likeness (QED) is 0.677. The number of esters is 1. The van der Waals surface area contributed by atoms with E-state index in [9.17, 15) is 9.59 Å². The predicted molar refractivity (Wildman–Crippen MR) is 108 cm³/mol. The Hall–Kier alpha value is -3.22. The third-order valence-corrected chi connectivity index (χ3v) is 5.24. The Labute approximate surface area is 168 Å². The van der Waals surface area contributed by atoms with Crippen molar-refractivity contribution in [2.45, 2.75) is 46.1 Å². The molecule has 0 aliphatic heterocycles. The number of carbonyl (C=O) groups is 2. The number of nitrogens with one attached hydrogen (secondary N) is 1. The average Bonchev–Trinajstić information content (AvgIpc) is 3.10. The molecule has 1 amide bonds. The van der Waals surface area contributed by atoms with Crippen LogP contribution in [0.1, 0.15) is 47.6 Å². The number of aryl methyl sites for hydroxylation is 2. The van der Waals surface area contributed by atoms with Crippen molar-refractivity contribution in [2.75, 3.05) is 5.32 Å². The molecule has 1 N–H and O–H groups in total. The van der Waals surface area contributed by atoms with E-state index in [0.717, 1.165) is 41.4 Å². The van der Waals surface area contributed by atoms with Crippen LogP contribution in [0.15, 0.2) is 34.9 Å². The molecule has 7 heteroatoms. The number of anilines is 1. The molecule has 0 saturated carbocycles. The zero-order valence-electron chi connectivity index (χ0n) is 16.7. The molecular formula is C22H23N3O4. The van der Waals surface area contributed by atoms with E-state index in [1.807, 2.05) is 24.3 Å². The maximum atomic E-state index is 13.1. The molecule has 3 aromatic rings. The number of hydrogen-bond donors (Lipinski definition) is 1. The van der Waals surface area contributed by atoms with Gasteiger partial charge in [-0.05, 0) is 50.7 Å². The van der Waals surface area contributed by atoms with Crippen LogP contribution in [0.5, 0.6) is 0 Å². The third kappa shape index (κ3) is 3.85. The van der Waals surface area contributed by atoms with E-state index in [-0.39, 0.29) is 5.82 Å². The van der Waals surface area contributed by atoms with Gasteiger partial charge in [-0.2, -0.15) is 0 Å². The van der Waals surface area contributed by atoms with Crippen LogP contribution in [-0.2, 0) is 22.4 Å². The van der Waals surface area contributed by atoms with E-state index in [1.54, 1.807) is 19.9 Å². The highest BCUT2D eigenvalue weighted by Crippen LogP contribution is 2.32. The molecule has 1 aromatic carbocycles. The molecule has 7 nitrogen and oxygen atoms in total. The molecule has 0 spiro atoms. The molecule has 0 radical (unpaired) electrons. The number of rotatable bonds is 4. The largest absolute Gasteiger partial charge is 0.449 e. The minimum atomic E-state index is -0.983. The van der Waals surface area contributed by atoms with Crippen molar-refractivity contribution in [2.24, 2.45) is 5.92 Å². The Kier molecular flexibility index (Phi) is 5.05. The lowest BCUT2D eigenvalue weighted by Gasteiger charge is -2.24. The standard InChI is InChI=1S/C22H23N3O4/c1-12-8-9-18-16(10-12)20(15-6-4-5-7-17(15)23-18)22(27)28-14(3)21(26)24-19-11-13(2)29-25-19/h4-7,11-12,14H,8-10H2,1-3H3,(H,24,25,26)/t12-,14-/m0/s1. The smallest absolute Gasteiger partial charge is 0.339 e. The molecule has 1 aliphatic rings. The second kappa shape index (κ2) is 7.66. The summed E-state index contributed by atoms with van der Waals surface area (Å²) in [4.78, 5) is 30.3. The summed E-state index contributed by atoms with van der Waals surface area (Å²) < 4.78 is 10.5. The lowest BCUT2D eigenvalue weighted by atomic mass is 9.84. The van der Waals surface area contributed by atoms with Crippen LogP contribution >= 0.6 is 0 Å². The first-order valence-corrected chi connectivity index (χ1v) is 9.78. The molecule has 0 saturated heterocycles. The van der Waals surface area contributed by atoms with Crippen molar-refractivity contribution in [1.82, 2.24) is 10.1 Å². The number of pyridine rings is 1. The Morgan fingerprint density at radius 2 is 2.10 bits per heavy atom. The van der Waals surface area contributed by atoms with Crippen molar-refractivity contribution >= 4 is 28.6 Å². The zero-order valence-corrected chi connectivity index (χ0v) is 16.7. The predicted octanol–water partition coefficient (Wildman–Crippen LogP) is 3.84. The summed E-state index contributed by atoms with van der Waals surface area (Å²) >= 11 is 0. The van der Waals surface area contributed by atoms with Gasteiger partial charge in [0.25, 0.3) is 5.91 Å². The molecule has 2 aromatic heterocycles. The van der Waals surface area contributed by atoms with E-state index >= 15 is 0 Å². The van der Waals surface area contributed by atoms with Crippen molar-refractivity contribution in [1.29, 1.82) is 0 Å². The topological polar surface area (TPSA) is 94.3 Å². The van der Waals surface area contributed by atoms with Crippen LogP contribution in [0.4, 0.5) is 5.82 Å².